The topological polar surface area (TPSA) is 41.1 Å². The molecule has 2 N–H and O–H groups in total. The van der Waals surface area contributed by atoms with Crippen molar-refractivity contribution in [2.45, 2.75) is 26.2 Å². The number of hydrogen-bond acceptors (Lipinski definition) is 2. The molecule has 1 aliphatic heterocycles. The number of rotatable bonds is 4. The Hall–Kier alpha value is -1.06. The number of hydrogen-bond donors (Lipinski definition) is 2. The second-order valence-corrected chi connectivity index (χ2v) is 5.67. The van der Waals surface area contributed by atoms with E-state index in [0.29, 0.717) is 5.92 Å². The Morgan fingerprint density at radius 1 is 1.37 bits per heavy atom. The number of amides is 1. The molecular formula is C15H23ClN2O. The maximum absolute atomic E-state index is 12.3. The van der Waals surface area contributed by atoms with Crippen LogP contribution in [0.15, 0.2) is 24.3 Å². The third-order valence-corrected chi connectivity index (χ3v) is 3.80. The van der Waals surface area contributed by atoms with E-state index < -0.39 is 5.41 Å². The smallest absolute Gasteiger partial charge is 0.230 e. The van der Waals surface area contributed by atoms with E-state index in [4.69, 9.17) is 0 Å². The van der Waals surface area contributed by atoms with Gasteiger partial charge >= 0.3 is 0 Å². The summed E-state index contributed by atoms with van der Waals surface area (Å²) < 4.78 is 0. The quantitative estimate of drug-likeness (QED) is 0.887. The van der Waals surface area contributed by atoms with Crippen molar-refractivity contribution in [2.24, 2.45) is 5.92 Å². The second-order valence-electron chi connectivity index (χ2n) is 5.67. The molecule has 0 radical (unpaired) electrons. The summed E-state index contributed by atoms with van der Waals surface area (Å²) in [5.41, 5.74) is 1.81. The molecule has 106 valence electrons. The van der Waals surface area contributed by atoms with Crippen LogP contribution in [0.25, 0.3) is 0 Å². The van der Waals surface area contributed by atoms with E-state index in [2.05, 4.69) is 23.6 Å². The summed E-state index contributed by atoms with van der Waals surface area (Å²) in [5.74, 6) is 0.713. The van der Waals surface area contributed by atoms with Crippen molar-refractivity contribution >= 4 is 18.3 Å². The molecule has 1 heterocycles. The van der Waals surface area contributed by atoms with Gasteiger partial charge in [0.05, 0.1) is 5.41 Å². The molecule has 1 aromatic rings. The summed E-state index contributed by atoms with van der Waals surface area (Å²) in [5, 5.41) is 6.28. The fourth-order valence-electron chi connectivity index (χ4n) is 2.35. The summed E-state index contributed by atoms with van der Waals surface area (Å²) >= 11 is 0. The van der Waals surface area contributed by atoms with Crippen molar-refractivity contribution < 1.29 is 4.79 Å². The van der Waals surface area contributed by atoms with Crippen LogP contribution in [0.3, 0.4) is 0 Å². The highest BCUT2D eigenvalue weighted by molar-refractivity contribution is 5.87. The highest BCUT2D eigenvalue weighted by Crippen LogP contribution is 2.26. The van der Waals surface area contributed by atoms with E-state index in [1.807, 2.05) is 32.0 Å². The second kappa shape index (κ2) is 6.40. The first-order chi connectivity index (χ1) is 8.51. The molecule has 0 saturated carbocycles. The largest absolute Gasteiger partial charge is 0.355 e. The first-order valence-corrected chi connectivity index (χ1v) is 6.57. The lowest BCUT2D eigenvalue weighted by Gasteiger charge is -2.30. The van der Waals surface area contributed by atoms with Crippen LogP contribution in [0.5, 0.6) is 0 Å². The van der Waals surface area contributed by atoms with Gasteiger partial charge in [0.2, 0.25) is 5.91 Å². The third-order valence-electron chi connectivity index (χ3n) is 3.80. The van der Waals surface area contributed by atoms with E-state index in [1.165, 1.54) is 5.56 Å². The lowest BCUT2D eigenvalue weighted by Crippen LogP contribution is -2.50. The van der Waals surface area contributed by atoms with Crippen molar-refractivity contribution in [3.05, 3.63) is 35.4 Å². The van der Waals surface area contributed by atoms with Crippen molar-refractivity contribution in [2.75, 3.05) is 19.6 Å². The number of benzene rings is 1. The third kappa shape index (κ3) is 3.48. The van der Waals surface area contributed by atoms with Crippen LogP contribution < -0.4 is 10.6 Å². The number of halogens is 1. The monoisotopic (exact) mass is 282 g/mol. The van der Waals surface area contributed by atoms with Gasteiger partial charge in [-0.2, -0.15) is 0 Å². The Morgan fingerprint density at radius 2 is 2.00 bits per heavy atom. The maximum atomic E-state index is 12.3. The Labute approximate surface area is 121 Å². The van der Waals surface area contributed by atoms with Crippen LogP contribution in [0.4, 0.5) is 0 Å². The zero-order chi connectivity index (χ0) is 13.2. The zero-order valence-electron chi connectivity index (χ0n) is 11.8. The molecular weight excluding hydrogens is 260 g/mol. The highest BCUT2D eigenvalue weighted by Gasteiger charge is 2.31. The molecule has 4 heteroatoms. The summed E-state index contributed by atoms with van der Waals surface area (Å²) in [7, 11) is 0. The first-order valence-electron chi connectivity index (χ1n) is 6.57. The Kier molecular flexibility index (Phi) is 5.39. The minimum Gasteiger partial charge on any atom is -0.355 e. The van der Waals surface area contributed by atoms with Crippen molar-refractivity contribution in [3.8, 4) is 0 Å². The van der Waals surface area contributed by atoms with Gasteiger partial charge in [0.25, 0.3) is 0 Å². The fraction of sp³-hybridized carbons (Fsp3) is 0.533. The molecule has 1 aromatic carbocycles. The van der Waals surface area contributed by atoms with E-state index in [0.717, 1.165) is 25.2 Å². The molecule has 0 aliphatic carbocycles. The Morgan fingerprint density at radius 3 is 2.53 bits per heavy atom. The lowest BCUT2D eigenvalue weighted by atomic mass is 9.81. The molecule has 0 spiro atoms. The van der Waals surface area contributed by atoms with E-state index in [1.54, 1.807) is 0 Å². The summed E-state index contributed by atoms with van der Waals surface area (Å²) in [4.78, 5) is 12.3. The minimum absolute atomic E-state index is 0. The van der Waals surface area contributed by atoms with Crippen LogP contribution in [0.2, 0.25) is 0 Å². The molecule has 3 nitrogen and oxygen atoms in total. The van der Waals surface area contributed by atoms with Crippen molar-refractivity contribution in [1.29, 1.82) is 0 Å². The standard InChI is InChI=1S/C15H22N2O.ClH/c1-11-6-4-5-7-13(11)15(2,3)14(18)17-10-12-8-16-9-12;/h4-7,12,16H,8-10H2,1-3H3,(H,17,18);1H. The molecule has 1 amide bonds. The molecule has 0 bridgehead atoms. The zero-order valence-corrected chi connectivity index (χ0v) is 12.6. The van der Waals surface area contributed by atoms with Crippen molar-refractivity contribution in [1.82, 2.24) is 10.6 Å². The normalized spacial score (nSPS) is 15.3. The molecule has 0 unspecified atom stereocenters. The maximum Gasteiger partial charge on any atom is 0.230 e. The lowest BCUT2D eigenvalue weighted by molar-refractivity contribution is -0.125. The van der Waals surface area contributed by atoms with Crippen LogP contribution in [-0.2, 0) is 10.2 Å². The van der Waals surface area contributed by atoms with E-state index >= 15 is 0 Å². The van der Waals surface area contributed by atoms with Gasteiger partial charge in [0, 0.05) is 25.6 Å². The predicted molar refractivity (Wildman–Crippen MR) is 80.8 cm³/mol. The van der Waals surface area contributed by atoms with Crippen LogP contribution in [0, 0.1) is 12.8 Å². The van der Waals surface area contributed by atoms with Gasteiger partial charge in [0.1, 0.15) is 0 Å². The van der Waals surface area contributed by atoms with Gasteiger partial charge in [-0.25, -0.2) is 0 Å². The van der Waals surface area contributed by atoms with Gasteiger partial charge in [-0.3, -0.25) is 4.79 Å². The summed E-state index contributed by atoms with van der Waals surface area (Å²) in [6.45, 7) is 8.85. The molecule has 1 fully saturated rings. The SMILES string of the molecule is Cc1ccccc1C(C)(C)C(=O)NCC1CNC1.Cl. The molecule has 1 aliphatic rings. The van der Waals surface area contributed by atoms with Crippen LogP contribution in [0.1, 0.15) is 25.0 Å². The van der Waals surface area contributed by atoms with Gasteiger partial charge in [0.15, 0.2) is 0 Å². The van der Waals surface area contributed by atoms with Gasteiger partial charge < -0.3 is 10.6 Å². The van der Waals surface area contributed by atoms with E-state index in [9.17, 15) is 4.79 Å². The number of aryl methyl sites for hydroxylation is 1. The Balaban J connectivity index is 0.00000180. The molecule has 0 aromatic heterocycles. The average Bonchev–Trinajstić information content (AvgIpc) is 2.27. The molecule has 19 heavy (non-hydrogen) atoms. The first kappa shape index (κ1) is 16.0. The van der Waals surface area contributed by atoms with Crippen LogP contribution >= 0.6 is 12.4 Å². The Bertz CT molecular complexity index is 442. The van der Waals surface area contributed by atoms with Gasteiger partial charge in [-0.1, -0.05) is 24.3 Å². The molecule has 2 rings (SSSR count). The summed E-state index contributed by atoms with van der Waals surface area (Å²) in [6, 6.07) is 8.10. The van der Waals surface area contributed by atoms with Crippen LogP contribution in [-0.4, -0.2) is 25.5 Å². The summed E-state index contributed by atoms with van der Waals surface area (Å²) in [6.07, 6.45) is 0. The van der Waals surface area contributed by atoms with Gasteiger partial charge in [-0.15, -0.1) is 12.4 Å². The molecule has 1 saturated heterocycles. The van der Waals surface area contributed by atoms with Crippen molar-refractivity contribution in [3.63, 3.8) is 0 Å². The highest BCUT2D eigenvalue weighted by atomic mass is 35.5. The minimum atomic E-state index is -0.470. The fourth-order valence-corrected chi connectivity index (χ4v) is 2.35. The van der Waals surface area contributed by atoms with E-state index in [-0.39, 0.29) is 18.3 Å². The predicted octanol–water partition coefficient (Wildman–Crippen LogP) is 2.03. The van der Waals surface area contributed by atoms with Gasteiger partial charge in [-0.05, 0) is 31.9 Å². The molecule has 0 atom stereocenters. The average molecular weight is 283 g/mol. The number of carbonyl (C=O) groups excluding carboxylic acids is 1. The number of nitrogens with one attached hydrogen (secondary N) is 2. The number of carbonyl (C=O) groups is 1.